The van der Waals surface area contributed by atoms with Crippen molar-refractivity contribution >= 4 is 50.9 Å². The molecule has 4 amide bonds. The molecule has 254 valence electrons. The Morgan fingerprint density at radius 2 is 1.87 bits per heavy atom. The average Bonchev–Trinajstić information content (AvgIpc) is 3.62. The van der Waals surface area contributed by atoms with Crippen LogP contribution in [-0.2, 0) is 29.1 Å². The molecule has 1 aromatic heterocycles. The van der Waals surface area contributed by atoms with Gasteiger partial charge in [-0.2, -0.15) is 0 Å². The molecule has 12 nitrogen and oxygen atoms in total. The van der Waals surface area contributed by atoms with Crippen LogP contribution in [0, 0.1) is 11.8 Å². The lowest BCUT2D eigenvalue weighted by Gasteiger charge is -2.25. The Morgan fingerprint density at radius 1 is 1.13 bits per heavy atom. The fourth-order valence-corrected chi connectivity index (χ4v) is 7.62. The number of hydrogen-bond donors (Lipinski definition) is 3. The number of anilines is 1. The van der Waals surface area contributed by atoms with Crippen molar-refractivity contribution in [2.24, 2.45) is 11.8 Å². The molecule has 47 heavy (non-hydrogen) atoms. The molecule has 2 fully saturated rings. The zero-order valence-corrected chi connectivity index (χ0v) is 28.2. The van der Waals surface area contributed by atoms with Crippen LogP contribution in [0.4, 0.5) is 10.5 Å². The first-order valence-corrected chi connectivity index (χ1v) is 18.2. The lowest BCUT2D eigenvalue weighted by atomic mass is 9.93. The van der Waals surface area contributed by atoms with Gasteiger partial charge in [-0.15, -0.1) is 24.5 Å². The Labute approximate surface area is 280 Å². The van der Waals surface area contributed by atoms with Crippen molar-refractivity contribution in [3.8, 4) is 10.6 Å². The molecule has 1 unspecified atom stereocenters. The van der Waals surface area contributed by atoms with Gasteiger partial charge < -0.3 is 15.0 Å². The number of para-hydroxylation sites is 1. The van der Waals surface area contributed by atoms with Crippen LogP contribution in [0.5, 0.6) is 0 Å². The average molecular weight is 686 g/mol. The number of thiazole rings is 1. The highest BCUT2D eigenvalue weighted by Crippen LogP contribution is 2.36. The van der Waals surface area contributed by atoms with Crippen molar-refractivity contribution in [2.45, 2.75) is 75.2 Å². The second-order valence-corrected chi connectivity index (χ2v) is 14.8. The number of hydrogen-bond acceptors (Lipinski definition) is 9. The fourth-order valence-electron chi connectivity index (χ4n) is 5.60. The maximum absolute atomic E-state index is 13.6. The zero-order chi connectivity index (χ0) is 34.0. The Hall–Kier alpha value is -4.04. The molecule has 0 saturated heterocycles. The van der Waals surface area contributed by atoms with Gasteiger partial charge in [-0.05, 0) is 63.5 Å². The molecule has 3 N–H and O–H groups in total. The molecule has 0 bridgehead atoms. The minimum atomic E-state index is -3.67. The number of unbranched alkanes of at least 4 members (excludes halogenated alkanes) is 2. The van der Waals surface area contributed by atoms with Crippen LogP contribution < -0.4 is 15.4 Å². The Balaban J connectivity index is 1.40. The van der Waals surface area contributed by atoms with Crippen LogP contribution in [-0.4, -0.2) is 73.1 Å². The van der Waals surface area contributed by atoms with E-state index in [0.29, 0.717) is 25.1 Å². The summed E-state index contributed by atoms with van der Waals surface area (Å²) in [4.78, 5) is 58.5. The van der Waals surface area contributed by atoms with Crippen LogP contribution in [0.3, 0.4) is 0 Å². The second kappa shape index (κ2) is 16.7. The van der Waals surface area contributed by atoms with Gasteiger partial charge >= 0.3 is 6.09 Å². The largest absolute Gasteiger partial charge is 0.446 e. The van der Waals surface area contributed by atoms with Crippen molar-refractivity contribution in [2.75, 3.05) is 18.9 Å². The lowest BCUT2D eigenvalue weighted by Crippen LogP contribution is -2.44. The minimum Gasteiger partial charge on any atom is -0.446 e. The molecule has 2 saturated carbocycles. The van der Waals surface area contributed by atoms with E-state index in [2.05, 4.69) is 33.5 Å². The van der Waals surface area contributed by atoms with Gasteiger partial charge in [0.2, 0.25) is 27.7 Å². The fraction of sp³-hybridized carbons (Fsp3) is 0.485. The van der Waals surface area contributed by atoms with E-state index in [1.54, 1.807) is 30.3 Å². The number of carbonyl (C=O) groups excluding carboxylic acids is 4. The summed E-state index contributed by atoms with van der Waals surface area (Å²) in [5.74, 6) is -2.84. The van der Waals surface area contributed by atoms with E-state index < -0.39 is 57.2 Å². The van der Waals surface area contributed by atoms with Gasteiger partial charge in [0.25, 0.3) is 0 Å². The van der Waals surface area contributed by atoms with E-state index in [1.165, 1.54) is 17.4 Å². The molecule has 2 aliphatic carbocycles. The standard InChI is InChI=1S/C33H43N5O7S2/c1-4-6-7-10-18-38(3)32(41)27-21-23(45-33(42)36-28-12-9-8-11-25(28)31-34-17-19-46-31)20-26(27)30(40)35-22(5-2)13-16-29(39)37-47(43,44)24-14-15-24/h4-5,8-9,11-12,17,19,22-24,26-27H,1-2,6-7,10,13-16,18,20-21H2,3H3,(H,35,40)(H,36,42)(H,37,39)/t22?,23-,26-,27-/m1/s1. The summed E-state index contributed by atoms with van der Waals surface area (Å²) in [6, 6.07) is 6.57. The Bertz CT molecular complexity index is 1540. The van der Waals surface area contributed by atoms with Crippen LogP contribution >= 0.6 is 11.3 Å². The molecule has 2 aliphatic rings. The molecule has 0 spiro atoms. The normalized spacial score (nSPS) is 19.6. The monoisotopic (exact) mass is 685 g/mol. The van der Waals surface area contributed by atoms with Gasteiger partial charge in [-0.25, -0.2) is 18.2 Å². The molecule has 14 heteroatoms. The van der Waals surface area contributed by atoms with Crippen molar-refractivity contribution in [3.05, 3.63) is 61.2 Å². The van der Waals surface area contributed by atoms with Crippen LogP contribution in [0.15, 0.2) is 61.2 Å². The molecule has 1 aromatic carbocycles. The highest BCUT2D eigenvalue weighted by atomic mass is 32.2. The van der Waals surface area contributed by atoms with Crippen LogP contribution in [0.2, 0.25) is 0 Å². The molecule has 2 aromatic rings. The number of rotatable bonds is 17. The maximum atomic E-state index is 13.6. The number of amides is 4. The van der Waals surface area contributed by atoms with E-state index in [1.807, 2.05) is 23.6 Å². The predicted molar refractivity (Wildman–Crippen MR) is 181 cm³/mol. The molecule has 0 aliphatic heterocycles. The highest BCUT2D eigenvalue weighted by Gasteiger charge is 2.45. The van der Waals surface area contributed by atoms with E-state index >= 15 is 0 Å². The number of ether oxygens (including phenoxy) is 1. The van der Waals surface area contributed by atoms with Crippen molar-refractivity contribution in [3.63, 3.8) is 0 Å². The third-order valence-electron chi connectivity index (χ3n) is 8.32. The SMILES string of the molecule is C=CCCCCN(C)C(=O)[C@@H]1C[C@H](OC(=O)Nc2ccccc2-c2nccs2)C[C@H]1C(=O)NC(C=C)CCC(=O)NS(=O)(=O)C1CC1. The van der Waals surface area contributed by atoms with Gasteiger partial charge in [-0.3, -0.25) is 24.4 Å². The summed E-state index contributed by atoms with van der Waals surface area (Å²) >= 11 is 1.43. The first-order valence-electron chi connectivity index (χ1n) is 15.8. The van der Waals surface area contributed by atoms with Crippen LogP contribution in [0.1, 0.15) is 57.8 Å². The highest BCUT2D eigenvalue weighted by molar-refractivity contribution is 7.90. The zero-order valence-electron chi connectivity index (χ0n) is 26.6. The molecule has 4 atom stereocenters. The van der Waals surface area contributed by atoms with E-state index in [0.717, 1.165) is 29.8 Å². The van der Waals surface area contributed by atoms with E-state index in [4.69, 9.17) is 4.74 Å². The van der Waals surface area contributed by atoms with Crippen molar-refractivity contribution in [1.29, 1.82) is 0 Å². The quantitative estimate of drug-likeness (QED) is 0.160. The van der Waals surface area contributed by atoms with Gasteiger partial charge in [-0.1, -0.05) is 24.3 Å². The summed E-state index contributed by atoms with van der Waals surface area (Å²) in [7, 11) is -1.97. The van der Waals surface area contributed by atoms with Crippen molar-refractivity contribution < 1.29 is 32.3 Å². The number of sulfonamides is 1. The first kappa shape index (κ1) is 35.8. The summed E-state index contributed by atoms with van der Waals surface area (Å²) < 4.78 is 32.0. The number of benzene rings is 1. The van der Waals surface area contributed by atoms with Crippen molar-refractivity contribution in [1.82, 2.24) is 19.9 Å². The van der Waals surface area contributed by atoms with Gasteiger partial charge in [0, 0.05) is 43.2 Å². The van der Waals surface area contributed by atoms with Gasteiger partial charge in [0.05, 0.1) is 22.8 Å². The Morgan fingerprint density at radius 3 is 2.55 bits per heavy atom. The van der Waals surface area contributed by atoms with Gasteiger partial charge in [0.15, 0.2) is 0 Å². The lowest BCUT2D eigenvalue weighted by molar-refractivity contribution is -0.140. The molecule has 1 heterocycles. The van der Waals surface area contributed by atoms with E-state index in [-0.39, 0.29) is 31.6 Å². The van der Waals surface area contributed by atoms with E-state index in [9.17, 15) is 27.6 Å². The van der Waals surface area contributed by atoms with Crippen LogP contribution in [0.25, 0.3) is 10.6 Å². The number of carbonyl (C=O) groups is 4. The van der Waals surface area contributed by atoms with Gasteiger partial charge in [0.1, 0.15) is 11.1 Å². The topological polar surface area (TPSA) is 164 Å². The third kappa shape index (κ3) is 10.2. The summed E-state index contributed by atoms with van der Waals surface area (Å²) in [6.07, 6.45) is 7.38. The number of nitrogens with one attached hydrogen (secondary N) is 3. The first-order chi connectivity index (χ1) is 22.5. The number of nitrogens with zero attached hydrogens (tertiary/aromatic N) is 2. The molecular weight excluding hydrogens is 643 g/mol. The Kier molecular flexibility index (Phi) is 12.7. The second-order valence-electron chi connectivity index (χ2n) is 11.9. The minimum absolute atomic E-state index is 0.122. The smallest absolute Gasteiger partial charge is 0.411 e. The maximum Gasteiger partial charge on any atom is 0.411 e. The molecular formula is C33H43N5O7S2. The molecule has 0 radical (unpaired) electrons. The third-order valence-corrected chi connectivity index (χ3v) is 11.0. The summed E-state index contributed by atoms with van der Waals surface area (Å²) in [6.45, 7) is 7.99. The summed E-state index contributed by atoms with van der Waals surface area (Å²) in [5.41, 5.74) is 1.26. The number of aromatic nitrogens is 1. The molecule has 4 rings (SSSR count). The predicted octanol–water partition coefficient (Wildman–Crippen LogP) is 4.63. The number of allylic oxidation sites excluding steroid dienone is 1. The summed E-state index contributed by atoms with van der Waals surface area (Å²) in [5, 5.41) is 7.68.